The molecule has 4 nitrogen and oxygen atoms in total. The lowest BCUT2D eigenvalue weighted by molar-refractivity contribution is 0.107. The van der Waals surface area contributed by atoms with E-state index in [2.05, 4.69) is 11.8 Å². The van der Waals surface area contributed by atoms with Gasteiger partial charge in [0.25, 0.3) is 0 Å². The molecule has 2 fully saturated rings. The third-order valence-corrected chi connectivity index (χ3v) is 4.94. The van der Waals surface area contributed by atoms with Crippen LogP contribution in [0.15, 0.2) is 0 Å². The van der Waals surface area contributed by atoms with E-state index in [1.807, 2.05) is 0 Å². The molecule has 0 aliphatic carbocycles. The predicted molar refractivity (Wildman–Crippen MR) is 60.2 cm³/mol. The van der Waals surface area contributed by atoms with Gasteiger partial charge in [-0.05, 0) is 25.8 Å². The van der Waals surface area contributed by atoms with Crippen LogP contribution in [0.25, 0.3) is 0 Å². The van der Waals surface area contributed by atoms with E-state index in [1.165, 1.54) is 12.7 Å². The number of rotatable bonds is 2. The molecule has 0 amide bonds. The van der Waals surface area contributed by atoms with Crippen LogP contribution in [0, 0.1) is 0 Å². The summed E-state index contributed by atoms with van der Waals surface area (Å²) in [7, 11) is -3.02. The minimum Gasteiger partial charge on any atom is -0.297 e. The van der Waals surface area contributed by atoms with Gasteiger partial charge in [0, 0.05) is 25.2 Å². The molecule has 5 heteroatoms. The summed E-state index contributed by atoms with van der Waals surface area (Å²) in [4.78, 5) is 2.45. The molecule has 2 aliphatic rings. The summed E-state index contributed by atoms with van der Waals surface area (Å²) in [5, 5.41) is 0. The lowest BCUT2D eigenvalue weighted by Gasteiger charge is -2.41. The largest absolute Gasteiger partial charge is 0.297 e. The molecular weight excluding hydrogens is 212 g/mol. The quantitative estimate of drug-likeness (QED) is 0.696. The molecule has 15 heavy (non-hydrogen) atoms. The third kappa shape index (κ3) is 2.19. The van der Waals surface area contributed by atoms with Crippen LogP contribution in [0.4, 0.5) is 0 Å². The molecule has 0 aromatic rings. The lowest BCUT2D eigenvalue weighted by Crippen LogP contribution is -2.57. The molecule has 2 heterocycles. The maximum absolute atomic E-state index is 11.7. The zero-order chi connectivity index (χ0) is 11.1. The highest BCUT2D eigenvalue weighted by atomic mass is 32.2. The van der Waals surface area contributed by atoms with Crippen molar-refractivity contribution in [3.8, 4) is 0 Å². The van der Waals surface area contributed by atoms with E-state index in [4.69, 9.17) is 0 Å². The Morgan fingerprint density at radius 2 is 2.07 bits per heavy atom. The van der Waals surface area contributed by atoms with Gasteiger partial charge in [-0.15, -0.1) is 0 Å². The maximum atomic E-state index is 11.7. The van der Waals surface area contributed by atoms with Crippen LogP contribution in [-0.4, -0.2) is 55.6 Å². The Balaban J connectivity index is 2.16. The molecule has 0 aromatic carbocycles. The van der Waals surface area contributed by atoms with E-state index in [-0.39, 0.29) is 6.04 Å². The summed E-state index contributed by atoms with van der Waals surface area (Å²) >= 11 is 0. The van der Waals surface area contributed by atoms with Crippen molar-refractivity contribution in [1.82, 2.24) is 9.21 Å². The number of sulfonamides is 1. The summed E-state index contributed by atoms with van der Waals surface area (Å²) in [6.45, 7) is 4.85. The first kappa shape index (κ1) is 11.4. The molecule has 2 saturated heterocycles. The monoisotopic (exact) mass is 232 g/mol. The molecule has 0 saturated carbocycles. The molecule has 0 bridgehead atoms. The van der Waals surface area contributed by atoms with Crippen molar-refractivity contribution in [2.24, 2.45) is 0 Å². The number of hydrogen-bond acceptors (Lipinski definition) is 3. The van der Waals surface area contributed by atoms with Crippen LogP contribution in [-0.2, 0) is 10.0 Å². The smallest absolute Gasteiger partial charge is 0.211 e. The van der Waals surface area contributed by atoms with E-state index in [9.17, 15) is 8.42 Å². The molecule has 0 radical (unpaired) electrons. The van der Waals surface area contributed by atoms with Crippen molar-refractivity contribution in [3.63, 3.8) is 0 Å². The number of nitrogens with zero attached hydrogens (tertiary/aromatic N) is 2. The van der Waals surface area contributed by atoms with Crippen LogP contribution in [0.3, 0.4) is 0 Å². The van der Waals surface area contributed by atoms with Gasteiger partial charge < -0.3 is 0 Å². The second-order valence-electron chi connectivity index (χ2n) is 4.69. The van der Waals surface area contributed by atoms with Crippen LogP contribution in [0.1, 0.15) is 26.2 Å². The molecule has 2 aliphatic heterocycles. The van der Waals surface area contributed by atoms with Gasteiger partial charge in [0.2, 0.25) is 10.0 Å². The average Bonchev–Trinajstić information content (AvgIpc) is 2.60. The Bertz CT molecular complexity index is 328. The van der Waals surface area contributed by atoms with Gasteiger partial charge in [-0.1, -0.05) is 6.92 Å². The first-order valence-corrected chi connectivity index (χ1v) is 7.58. The van der Waals surface area contributed by atoms with Crippen molar-refractivity contribution in [1.29, 1.82) is 0 Å². The Hall–Kier alpha value is -0.130. The third-order valence-electron chi connectivity index (χ3n) is 3.64. The van der Waals surface area contributed by atoms with Crippen molar-refractivity contribution in [2.75, 3.05) is 25.9 Å². The molecule has 0 N–H and O–H groups in total. The molecule has 2 atom stereocenters. The average molecular weight is 232 g/mol. The van der Waals surface area contributed by atoms with Crippen molar-refractivity contribution in [2.45, 2.75) is 38.3 Å². The molecule has 2 unspecified atom stereocenters. The van der Waals surface area contributed by atoms with Crippen molar-refractivity contribution in [3.05, 3.63) is 0 Å². The fraction of sp³-hybridized carbons (Fsp3) is 1.00. The Morgan fingerprint density at radius 3 is 2.67 bits per heavy atom. The number of piperazine rings is 1. The van der Waals surface area contributed by atoms with Gasteiger partial charge in [0.1, 0.15) is 0 Å². The second kappa shape index (κ2) is 4.03. The highest BCUT2D eigenvalue weighted by molar-refractivity contribution is 7.88. The van der Waals surface area contributed by atoms with Crippen LogP contribution in [0.5, 0.6) is 0 Å². The standard InChI is InChI=1S/C10H20N2O2S/c1-3-9-7-11-6-4-5-10(11)8-12(9)15(2,13)14/h9-10H,3-8H2,1-2H3. The Kier molecular flexibility index (Phi) is 3.05. The zero-order valence-electron chi connectivity index (χ0n) is 9.52. The Labute approximate surface area is 92.3 Å². The van der Waals surface area contributed by atoms with E-state index >= 15 is 0 Å². The van der Waals surface area contributed by atoms with Crippen molar-refractivity contribution < 1.29 is 8.42 Å². The molecule has 2 rings (SSSR count). The summed E-state index contributed by atoms with van der Waals surface area (Å²) in [5.41, 5.74) is 0. The van der Waals surface area contributed by atoms with Gasteiger partial charge in [-0.25, -0.2) is 8.42 Å². The first-order chi connectivity index (χ1) is 7.02. The summed E-state index contributed by atoms with van der Waals surface area (Å²) in [6.07, 6.45) is 4.62. The topological polar surface area (TPSA) is 40.6 Å². The van der Waals surface area contributed by atoms with Crippen molar-refractivity contribution >= 4 is 10.0 Å². The van der Waals surface area contributed by atoms with E-state index < -0.39 is 10.0 Å². The van der Waals surface area contributed by atoms with E-state index in [0.29, 0.717) is 12.6 Å². The lowest BCUT2D eigenvalue weighted by atomic mass is 10.1. The SMILES string of the molecule is CCC1CN2CCCC2CN1S(C)(=O)=O. The highest BCUT2D eigenvalue weighted by Gasteiger charge is 2.39. The van der Waals surface area contributed by atoms with Gasteiger partial charge in [-0.3, -0.25) is 4.90 Å². The summed E-state index contributed by atoms with van der Waals surface area (Å²) in [5.74, 6) is 0. The zero-order valence-corrected chi connectivity index (χ0v) is 10.3. The first-order valence-electron chi connectivity index (χ1n) is 5.73. The molecule has 0 aromatic heterocycles. The Morgan fingerprint density at radius 1 is 1.33 bits per heavy atom. The summed E-state index contributed by atoms with van der Waals surface area (Å²) < 4.78 is 25.0. The number of hydrogen-bond donors (Lipinski definition) is 0. The van der Waals surface area contributed by atoms with Gasteiger partial charge in [-0.2, -0.15) is 4.31 Å². The highest BCUT2D eigenvalue weighted by Crippen LogP contribution is 2.27. The van der Waals surface area contributed by atoms with Gasteiger partial charge in [0.05, 0.1) is 6.26 Å². The predicted octanol–water partition coefficient (Wildman–Crippen LogP) is 0.505. The van der Waals surface area contributed by atoms with E-state index in [0.717, 1.165) is 25.9 Å². The maximum Gasteiger partial charge on any atom is 0.211 e. The molecule has 0 spiro atoms. The second-order valence-corrected chi connectivity index (χ2v) is 6.62. The molecule has 88 valence electrons. The summed E-state index contributed by atoms with van der Waals surface area (Å²) in [6, 6.07) is 0.664. The fourth-order valence-corrected chi connectivity index (χ4v) is 4.00. The van der Waals surface area contributed by atoms with E-state index in [1.54, 1.807) is 4.31 Å². The molecular formula is C10H20N2O2S. The minimum absolute atomic E-state index is 0.189. The van der Waals surface area contributed by atoms with Crippen LogP contribution in [0.2, 0.25) is 0 Å². The minimum atomic E-state index is -3.02. The number of fused-ring (bicyclic) bond motifs is 1. The van der Waals surface area contributed by atoms with Gasteiger partial charge >= 0.3 is 0 Å². The fourth-order valence-electron chi connectivity index (χ4n) is 2.80. The van der Waals surface area contributed by atoms with Gasteiger partial charge in [0.15, 0.2) is 0 Å². The van der Waals surface area contributed by atoms with Crippen LogP contribution >= 0.6 is 0 Å². The normalized spacial score (nSPS) is 34.3. The van der Waals surface area contributed by atoms with Crippen LogP contribution < -0.4 is 0 Å².